The number of hydrogen-bond donors (Lipinski definition) is 0. The van der Waals surface area contributed by atoms with Gasteiger partial charge in [-0.15, -0.1) is 5.10 Å². The van der Waals surface area contributed by atoms with Crippen molar-refractivity contribution in [2.75, 3.05) is 0 Å². The molecule has 148 valence electrons. The van der Waals surface area contributed by atoms with Gasteiger partial charge in [0.2, 0.25) is 0 Å². The fourth-order valence-electron chi connectivity index (χ4n) is 3.25. The summed E-state index contributed by atoms with van der Waals surface area (Å²) in [4.78, 5) is 25.2. The number of tetrazole rings is 1. The molecule has 0 N–H and O–H groups in total. The van der Waals surface area contributed by atoms with Crippen LogP contribution in [-0.2, 0) is 29.2 Å². The molecule has 0 saturated heterocycles. The summed E-state index contributed by atoms with van der Waals surface area (Å²) in [7, 11) is 0. The summed E-state index contributed by atoms with van der Waals surface area (Å²) in [6.07, 6.45) is 0.820. The van der Waals surface area contributed by atoms with Gasteiger partial charge in [0.25, 0.3) is 0 Å². The van der Waals surface area contributed by atoms with Crippen molar-refractivity contribution in [2.24, 2.45) is 0 Å². The minimum atomic E-state index is -0.533. The molecule has 2 aromatic carbocycles. The SMILES string of the molecule is CCCn1c(=O)n(CC(=O)OCc2nnnn2-c2ccccc2)c2ccccc21. The monoisotopic (exact) mass is 392 g/mol. The molecule has 4 rings (SSSR count). The van der Waals surface area contributed by atoms with Crippen LogP contribution < -0.4 is 5.69 Å². The first-order valence-electron chi connectivity index (χ1n) is 9.35. The lowest BCUT2D eigenvalue weighted by Crippen LogP contribution is -2.28. The number of ether oxygens (including phenoxy) is 1. The molecular weight excluding hydrogens is 372 g/mol. The molecule has 0 aliphatic carbocycles. The number of nitrogens with zero attached hydrogens (tertiary/aromatic N) is 6. The molecule has 0 amide bonds. The lowest BCUT2D eigenvalue weighted by molar-refractivity contribution is -0.145. The molecule has 9 nitrogen and oxygen atoms in total. The Morgan fingerprint density at radius 2 is 1.69 bits per heavy atom. The number of hydrogen-bond acceptors (Lipinski definition) is 6. The molecule has 29 heavy (non-hydrogen) atoms. The second kappa shape index (κ2) is 8.09. The van der Waals surface area contributed by atoms with E-state index in [-0.39, 0.29) is 18.8 Å². The van der Waals surface area contributed by atoms with Crippen LogP contribution in [-0.4, -0.2) is 35.3 Å². The first-order chi connectivity index (χ1) is 14.2. The zero-order valence-electron chi connectivity index (χ0n) is 15.9. The number of benzene rings is 2. The van der Waals surface area contributed by atoms with Crippen molar-refractivity contribution in [3.63, 3.8) is 0 Å². The number of rotatable bonds is 7. The highest BCUT2D eigenvalue weighted by Gasteiger charge is 2.17. The molecule has 0 unspecified atom stereocenters. The lowest BCUT2D eigenvalue weighted by atomic mass is 10.3. The van der Waals surface area contributed by atoms with Crippen LogP contribution in [0.2, 0.25) is 0 Å². The van der Waals surface area contributed by atoms with E-state index in [1.165, 1.54) is 9.25 Å². The number of aryl methyl sites for hydroxylation is 1. The van der Waals surface area contributed by atoms with Crippen LogP contribution in [0.4, 0.5) is 0 Å². The number of carbonyl (C=O) groups excluding carboxylic acids is 1. The summed E-state index contributed by atoms with van der Waals surface area (Å²) in [5.74, 6) is -0.139. The quantitative estimate of drug-likeness (QED) is 0.446. The first-order valence-corrected chi connectivity index (χ1v) is 9.35. The van der Waals surface area contributed by atoms with E-state index in [0.717, 1.165) is 17.6 Å². The number of imidazole rings is 1. The highest BCUT2D eigenvalue weighted by Crippen LogP contribution is 2.14. The molecule has 0 saturated carbocycles. The van der Waals surface area contributed by atoms with Gasteiger partial charge in [-0.05, 0) is 41.1 Å². The molecule has 2 aromatic heterocycles. The molecule has 0 aliphatic rings. The molecule has 0 radical (unpaired) electrons. The molecule has 0 fully saturated rings. The Morgan fingerprint density at radius 3 is 2.41 bits per heavy atom. The van der Waals surface area contributed by atoms with Crippen molar-refractivity contribution in [2.45, 2.75) is 33.0 Å². The van der Waals surface area contributed by atoms with E-state index in [0.29, 0.717) is 17.9 Å². The standard InChI is InChI=1S/C20H20N6O3/c1-2-12-24-16-10-6-7-11-17(16)25(20(24)28)13-19(27)29-14-18-21-22-23-26(18)15-8-4-3-5-9-15/h3-11H,2,12-14H2,1H3. The number of carbonyl (C=O) groups is 1. The smallest absolute Gasteiger partial charge is 0.329 e. The third-order valence-corrected chi connectivity index (χ3v) is 4.56. The van der Waals surface area contributed by atoms with Gasteiger partial charge in [-0.1, -0.05) is 37.3 Å². The van der Waals surface area contributed by atoms with Crippen LogP contribution in [0.25, 0.3) is 16.7 Å². The van der Waals surface area contributed by atoms with Gasteiger partial charge in [0, 0.05) is 6.54 Å². The highest BCUT2D eigenvalue weighted by molar-refractivity contribution is 5.78. The zero-order valence-corrected chi connectivity index (χ0v) is 15.9. The van der Waals surface area contributed by atoms with E-state index in [4.69, 9.17) is 4.74 Å². The molecule has 2 heterocycles. The minimum Gasteiger partial charge on any atom is -0.456 e. The summed E-state index contributed by atoms with van der Waals surface area (Å²) in [5.41, 5.74) is 2.05. The average Bonchev–Trinajstić information content (AvgIpc) is 3.32. The van der Waals surface area contributed by atoms with Crippen LogP contribution >= 0.6 is 0 Å². The van der Waals surface area contributed by atoms with E-state index in [9.17, 15) is 9.59 Å². The number of fused-ring (bicyclic) bond motifs is 1. The second-order valence-electron chi connectivity index (χ2n) is 6.51. The summed E-state index contributed by atoms with van der Waals surface area (Å²) >= 11 is 0. The fourth-order valence-corrected chi connectivity index (χ4v) is 3.25. The third kappa shape index (κ3) is 3.66. The molecule has 0 bridgehead atoms. The Balaban J connectivity index is 1.52. The largest absolute Gasteiger partial charge is 0.456 e. The molecule has 0 atom stereocenters. The van der Waals surface area contributed by atoms with Gasteiger partial charge in [0.15, 0.2) is 12.4 Å². The Bertz CT molecular complexity index is 1190. The molecular formula is C20H20N6O3. The topological polar surface area (TPSA) is 96.8 Å². The van der Waals surface area contributed by atoms with E-state index in [1.807, 2.05) is 61.5 Å². The maximum Gasteiger partial charge on any atom is 0.329 e. The van der Waals surface area contributed by atoms with Crippen molar-refractivity contribution in [1.82, 2.24) is 29.3 Å². The lowest BCUT2D eigenvalue weighted by Gasteiger charge is -2.06. The van der Waals surface area contributed by atoms with Crippen molar-refractivity contribution >= 4 is 17.0 Å². The van der Waals surface area contributed by atoms with E-state index in [1.54, 1.807) is 4.57 Å². The summed E-state index contributed by atoms with van der Waals surface area (Å²) in [6, 6.07) is 16.7. The van der Waals surface area contributed by atoms with Gasteiger partial charge < -0.3 is 4.74 Å². The zero-order chi connectivity index (χ0) is 20.2. The van der Waals surface area contributed by atoms with Crippen molar-refractivity contribution in [1.29, 1.82) is 0 Å². The van der Waals surface area contributed by atoms with Crippen LogP contribution in [0, 0.1) is 0 Å². The van der Waals surface area contributed by atoms with Gasteiger partial charge >= 0.3 is 11.7 Å². The predicted molar refractivity (Wildman–Crippen MR) is 105 cm³/mol. The van der Waals surface area contributed by atoms with Crippen molar-refractivity contribution in [3.8, 4) is 5.69 Å². The van der Waals surface area contributed by atoms with E-state index in [2.05, 4.69) is 15.5 Å². The molecule has 9 heteroatoms. The Hall–Kier alpha value is -3.75. The fraction of sp³-hybridized carbons (Fsp3) is 0.250. The average molecular weight is 392 g/mol. The Morgan fingerprint density at radius 1 is 1.00 bits per heavy atom. The van der Waals surface area contributed by atoms with Gasteiger partial charge in [-0.2, -0.15) is 4.68 Å². The number of aromatic nitrogens is 6. The maximum atomic E-state index is 12.8. The van der Waals surface area contributed by atoms with Crippen LogP contribution in [0.5, 0.6) is 0 Å². The third-order valence-electron chi connectivity index (χ3n) is 4.56. The number of para-hydroxylation sites is 3. The van der Waals surface area contributed by atoms with Gasteiger partial charge in [0.05, 0.1) is 16.7 Å². The van der Waals surface area contributed by atoms with Crippen LogP contribution in [0.1, 0.15) is 19.2 Å². The van der Waals surface area contributed by atoms with Crippen LogP contribution in [0.3, 0.4) is 0 Å². The van der Waals surface area contributed by atoms with Crippen molar-refractivity contribution < 1.29 is 9.53 Å². The second-order valence-corrected chi connectivity index (χ2v) is 6.51. The van der Waals surface area contributed by atoms with Crippen LogP contribution in [0.15, 0.2) is 59.4 Å². The summed E-state index contributed by atoms with van der Waals surface area (Å²) < 4.78 is 9.98. The Labute approximate surface area is 166 Å². The summed E-state index contributed by atoms with van der Waals surface area (Å²) in [6.45, 7) is 2.32. The van der Waals surface area contributed by atoms with Gasteiger partial charge in [-0.3, -0.25) is 13.9 Å². The van der Waals surface area contributed by atoms with E-state index >= 15 is 0 Å². The molecule has 4 aromatic rings. The van der Waals surface area contributed by atoms with E-state index < -0.39 is 5.97 Å². The Kier molecular flexibility index (Phi) is 5.19. The summed E-state index contributed by atoms with van der Waals surface area (Å²) in [5, 5.41) is 11.5. The van der Waals surface area contributed by atoms with Gasteiger partial charge in [-0.25, -0.2) is 4.79 Å². The molecule has 0 spiro atoms. The minimum absolute atomic E-state index is 0.0942. The first kappa shape index (κ1) is 18.6. The normalized spacial score (nSPS) is 11.1. The number of esters is 1. The van der Waals surface area contributed by atoms with Gasteiger partial charge in [0.1, 0.15) is 6.54 Å². The predicted octanol–water partition coefficient (Wildman–Crippen LogP) is 1.93. The maximum absolute atomic E-state index is 12.8. The van der Waals surface area contributed by atoms with Crippen molar-refractivity contribution in [3.05, 3.63) is 70.9 Å². The molecule has 0 aliphatic heterocycles. The highest BCUT2D eigenvalue weighted by atomic mass is 16.5.